The maximum Gasteiger partial charge on any atom is 0.129 e. The molecule has 4 heteroatoms. The maximum absolute atomic E-state index is 13.6. The third kappa shape index (κ3) is 2.47. The zero-order chi connectivity index (χ0) is 12.3. The first-order valence-corrected chi connectivity index (χ1v) is 5.43. The molecular formula is C13H15FN2O. The van der Waals surface area contributed by atoms with Crippen molar-refractivity contribution in [3.05, 3.63) is 53.7 Å². The Hall–Kier alpha value is -1.81. The van der Waals surface area contributed by atoms with Crippen molar-refractivity contribution < 1.29 is 8.81 Å². The van der Waals surface area contributed by atoms with Crippen LogP contribution in [0.1, 0.15) is 11.3 Å². The number of rotatable bonds is 4. The van der Waals surface area contributed by atoms with Crippen LogP contribution < -0.4 is 10.6 Å². The lowest BCUT2D eigenvalue weighted by Crippen LogP contribution is -2.19. The lowest BCUT2D eigenvalue weighted by Gasteiger charge is -2.21. The van der Waals surface area contributed by atoms with Gasteiger partial charge < -0.3 is 15.1 Å². The maximum atomic E-state index is 13.6. The Labute approximate surface area is 99.6 Å². The van der Waals surface area contributed by atoms with E-state index in [1.807, 2.05) is 30.1 Å². The topological polar surface area (TPSA) is 42.4 Å². The summed E-state index contributed by atoms with van der Waals surface area (Å²) in [6.07, 6.45) is 1.62. The molecule has 1 aromatic heterocycles. The third-order valence-electron chi connectivity index (χ3n) is 2.68. The van der Waals surface area contributed by atoms with Gasteiger partial charge in [0.1, 0.15) is 11.6 Å². The summed E-state index contributed by atoms with van der Waals surface area (Å²) in [6.45, 7) is 0.772. The van der Waals surface area contributed by atoms with Gasteiger partial charge in [0.05, 0.1) is 12.8 Å². The molecule has 0 fully saturated rings. The van der Waals surface area contributed by atoms with Crippen LogP contribution in [0.2, 0.25) is 0 Å². The first-order chi connectivity index (χ1) is 8.22. The van der Waals surface area contributed by atoms with Crippen LogP contribution in [-0.2, 0) is 13.1 Å². The zero-order valence-corrected chi connectivity index (χ0v) is 9.69. The summed E-state index contributed by atoms with van der Waals surface area (Å²) in [4.78, 5) is 1.92. The van der Waals surface area contributed by atoms with Crippen LogP contribution >= 0.6 is 0 Å². The van der Waals surface area contributed by atoms with E-state index in [0.717, 1.165) is 11.4 Å². The molecule has 0 atom stereocenters. The Bertz CT molecular complexity index is 482. The number of nitrogens with zero attached hydrogens (tertiary/aromatic N) is 1. The minimum absolute atomic E-state index is 0.185. The van der Waals surface area contributed by atoms with Gasteiger partial charge in [-0.2, -0.15) is 0 Å². The molecule has 90 valence electrons. The van der Waals surface area contributed by atoms with Crippen molar-refractivity contribution in [2.45, 2.75) is 13.1 Å². The van der Waals surface area contributed by atoms with Crippen LogP contribution in [-0.4, -0.2) is 7.05 Å². The van der Waals surface area contributed by atoms with Gasteiger partial charge in [-0.25, -0.2) is 4.39 Å². The molecule has 0 radical (unpaired) electrons. The van der Waals surface area contributed by atoms with E-state index in [1.165, 1.54) is 6.07 Å². The summed E-state index contributed by atoms with van der Waals surface area (Å²) in [5.74, 6) is 0.566. The number of furan rings is 1. The molecule has 0 aliphatic heterocycles. The molecule has 0 unspecified atom stereocenters. The fraction of sp³-hybridized carbons (Fsp3) is 0.231. The highest BCUT2D eigenvalue weighted by Crippen LogP contribution is 2.23. The molecule has 0 saturated heterocycles. The van der Waals surface area contributed by atoms with Crippen LogP contribution in [0.15, 0.2) is 41.0 Å². The van der Waals surface area contributed by atoms with Crippen molar-refractivity contribution in [2.24, 2.45) is 5.73 Å². The molecular weight excluding hydrogens is 219 g/mol. The normalized spacial score (nSPS) is 10.5. The van der Waals surface area contributed by atoms with Gasteiger partial charge in [-0.3, -0.25) is 0 Å². The van der Waals surface area contributed by atoms with E-state index in [0.29, 0.717) is 12.1 Å². The van der Waals surface area contributed by atoms with Gasteiger partial charge in [0.2, 0.25) is 0 Å². The minimum atomic E-state index is -0.267. The van der Waals surface area contributed by atoms with Crippen molar-refractivity contribution in [2.75, 3.05) is 11.9 Å². The first-order valence-electron chi connectivity index (χ1n) is 5.43. The largest absolute Gasteiger partial charge is 0.467 e. The van der Waals surface area contributed by atoms with Crippen molar-refractivity contribution in [3.8, 4) is 0 Å². The Kier molecular flexibility index (Phi) is 3.44. The highest BCUT2D eigenvalue weighted by Gasteiger charge is 2.11. The number of halogens is 1. The van der Waals surface area contributed by atoms with Crippen molar-refractivity contribution in [1.29, 1.82) is 0 Å². The highest BCUT2D eigenvalue weighted by molar-refractivity contribution is 5.53. The molecule has 0 saturated carbocycles. The lowest BCUT2D eigenvalue weighted by molar-refractivity contribution is 0.507. The molecule has 1 heterocycles. The fourth-order valence-electron chi connectivity index (χ4n) is 1.83. The Morgan fingerprint density at radius 2 is 2.12 bits per heavy atom. The zero-order valence-electron chi connectivity index (χ0n) is 9.69. The van der Waals surface area contributed by atoms with Crippen LogP contribution in [0.25, 0.3) is 0 Å². The molecule has 2 aromatic rings. The van der Waals surface area contributed by atoms with Gasteiger partial charge in [0, 0.05) is 24.8 Å². The van der Waals surface area contributed by atoms with Crippen LogP contribution in [0.4, 0.5) is 10.1 Å². The molecule has 17 heavy (non-hydrogen) atoms. The third-order valence-corrected chi connectivity index (χ3v) is 2.68. The SMILES string of the molecule is CN(Cc1ccco1)c1cccc(F)c1CN. The van der Waals surface area contributed by atoms with Gasteiger partial charge in [-0.1, -0.05) is 6.07 Å². The van der Waals surface area contributed by atoms with Crippen molar-refractivity contribution in [1.82, 2.24) is 0 Å². The van der Waals surface area contributed by atoms with Crippen molar-refractivity contribution >= 4 is 5.69 Å². The molecule has 2 rings (SSSR count). The number of hydrogen-bond donors (Lipinski definition) is 1. The minimum Gasteiger partial charge on any atom is -0.467 e. The number of anilines is 1. The molecule has 0 amide bonds. The van der Waals surface area contributed by atoms with E-state index in [2.05, 4.69) is 0 Å². The summed E-state index contributed by atoms with van der Waals surface area (Å²) in [5.41, 5.74) is 6.90. The van der Waals surface area contributed by atoms with E-state index in [4.69, 9.17) is 10.2 Å². The average Bonchev–Trinajstić information content (AvgIpc) is 2.81. The fourth-order valence-corrected chi connectivity index (χ4v) is 1.83. The highest BCUT2D eigenvalue weighted by atomic mass is 19.1. The Morgan fingerprint density at radius 1 is 1.29 bits per heavy atom. The summed E-state index contributed by atoms with van der Waals surface area (Å²) in [6, 6.07) is 8.68. The standard InChI is InChI=1S/C13H15FN2O/c1-16(9-10-4-3-7-17-10)13-6-2-5-12(14)11(13)8-15/h2-7H,8-9,15H2,1H3. The summed E-state index contributed by atoms with van der Waals surface area (Å²) in [7, 11) is 1.89. The summed E-state index contributed by atoms with van der Waals surface area (Å²) in [5, 5.41) is 0. The number of hydrogen-bond acceptors (Lipinski definition) is 3. The van der Waals surface area contributed by atoms with E-state index in [9.17, 15) is 4.39 Å². The molecule has 1 aromatic carbocycles. The van der Waals surface area contributed by atoms with Gasteiger partial charge in [-0.15, -0.1) is 0 Å². The van der Waals surface area contributed by atoms with Gasteiger partial charge in [0.15, 0.2) is 0 Å². The van der Waals surface area contributed by atoms with E-state index in [-0.39, 0.29) is 12.4 Å². The molecule has 3 nitrogen and oxygen atoms in total. The van der Waals surface area contributed by atoms with Crippen LogP contribution in [0.3, 0.4) is 0 Å². The second-order valence-corrected chi connectivity index (χ2v) is 3.88. The van der Waals surface area contributed by atoms with Gasteiger partial charge in [-0.05, 0) is 24.3 Å². The van der Waals surface area contributed by atoms with Gasteiger partial charge in [0.25, 0.3) is 0 Å². The molecule has 0 aliphatic rings. The predicted octanol–water partition coefficient (Wildman–Crippen LogP) is 2.51. The van der Waals surface area contributed by atoms with Crippen LogP contribution in [0, 0.1) is 5.82 Å². The predicted molar refractivity (Wildman–Crippen MR) is 65.1 cm³/mol. The monoisotopic (exact) mass is 234 g/mol. The smallest absolute Gasteiger partial charge is 0.129 e. The molecule has 0 spiro atoms. The number of benzene rings is 1. The second kappa shape index (κ2) is 5.01. The van der Waals surface area contributed by atoms with Crippen LogP contribution in [0.5, 0.6) is 0 Å². The van der Waals surface area contributed by atoms with E-state index >= 15 is 0 Å². The Morgan fingerprint density at radius 3 is 2.76 bits per heavy atom. The molecule has 2 N–H and O–H groups in total. The molecule has 0 aliphatic carbocycles. The average molecular weight is 234 g/mol. The summed E-state index contributed by atoms with van der Waals surface area (Å²) >= 11 is 0. The van der Waals surface area contributed by atoms with E-state index in [1.54, 1.807) is 12.3 Å². The molecule has 0 bridgehead atoms. The lowest BCUT2D eigenvalue weighted by atomic mass is 10.1. The summed E-state index contributed by atoms with van der Waals surface area (Å²) < 4.78 is 18.8. The van der Waals surface area contributed by atoms with Gasteiger partial charge >= 0.3 is 0 Å². The first kappa shape index (κ1) is 11.7. The number of nitrogens with two attached hydrogens (primary N) is 1. The quantitative estimate of drug-likeness (QED) is 0.883. The van der Waals surface area contributed by atoms with E-state index < -0.39 is 0 Å². The van der Waals surface area contributed by atoms with Crippen molar-refractivity contribution in [3.63, 3.8) is 0 Å². The second-order valence-electron chi connectivity index (χ2n) is 3.88. The Balaban J connectivity index is 2.24.